The predicted molar refractivity (Wildman–Crippen MR) is 94.7 cm³/mol. The fourth-order valence-corrected chi connectivity index (χ4v) is 2.82. The van der Waals surface area contributed by atoms with Crippen LogP contribution in [0.2, 0.25) is 0 Å². The molecule has 128 valence electrons. The number of carbonyl (C=O) groups excluding carboxylic acids is 1. The molecular formula is C17H14BrN3O4. The summed E-state index contributed by atoms with van der Waals surface area (Å²) in [4.78, 5) is 33.2. The van der Waals surface area contributed by atoms with Crippen molar-refractivity contribution in [3.05, 3.63) is 62.7 Å². The third-order valence-electron chi connectivity index (χ3n) is 3.61. The first-order valence-electron chi connectivity index (χ1n) is 7.50. The Balaban J connectivity index is 2.30. The second-order valence-corrected chi connectivity index (χ2v) is 6.13. The Hall–Kier alpha value is -2.74. The SMILES string of the molecule is CCOC(=O)c1c(O)c2cc(Br)cnc2n(Cc2ccncc2)c1=O. The van der Waals surface area contributed by atoms with E-state index in [4.69, 9.17) is 4.74 Å². The van der Waals surface area contributed by atoms with Crippen molar-refractivity contribution in [3.63, 3.8) is 0 Å². The van der Waals surface area contributed by atoms with Crippen molar-refractivity contribution >= 4 is 32.9 Å². The van der Waals surface area contributed by atoms with Crippen LogP contribution in [0.15, 0.2) is 46.1 Å². The van der Waals surface area contributed by atoms with Crippen LogP contribution in [0.5, 0.6) is 5.75 Å². The van der Waals surface area contributed by atoms with E-state index < -0.39 is 22.8 Å². The first kappa shape index (κ1) is 17.1. The molecule has 0 aliphatic carbocycles. The van der Waals surface area contributed by atoms with E-state index in [1.165, 1.54) is 10.8 Å². The van der Waals surface area contributed by atoms with Crippen LogP contribution in [0.3, 0.4) is 0 Å². The third kappa shape index (κ3) is 3.25. The average molecular weight is 404 g/mol. The molecule has 0 aliphatic heterocycles. The fourth-order valence-electron chi connectivity index (χ4n) is 2.49. The lowest BCUT2D eigenvalue weighted by Crippen LogP contribution is -2.29. The minimum Gasteiger partial charge on any atom is -0.506 e. The zero-order chi connectivity index (χ0) is 18.0. The zero-order valence-electron chi connectivity index (χ0n) is 13.3. The number of pyridine rings is 3. The lowest BCUT2D eigenvalue weighted by atomic mass is 10.1. The molecule has 0 amide bonds. The summed E-state index contributed by atoms with van der Waals surface area (Å²) in [6, 6.07) is 5.12. The Morgan fingerprint density at radius 3 is 2.76 bits per heavy atom. The van der Waals surface area contributed by atoms with E-state index in [-0.39, 0.29) is 24.2 Å². The van der Waals surface area contributed by atoms with E-state index in [0.717, 1.165) is 5.56 Å². The van der Waals surface area contributed by atoms with E-state index in [1.54, 1.807) is 37.5 Å². The van der Waals surface area contributed by atoms with Gasteiger partial charge in [0.25, 0.3) is 5.56 Å². The number of rotatable bonds is 4. The van der Waals surface area contributed by atoms with Gasteiger partial charge in [0.1, 0.15) is 11.4 Å². The van der Waals surface area contributed by atoms with Gasteiger partial charge < -0.3 is 9.84 Å². The van der Waals surface area contributed by atoms with Crippen molar-refractivity contribution in [2.75, 3.05) is 6.61 Å². The zero-order valence-corrected chi connectivity index (χ0v) is 14.9. The van der Waals surface area contributed by atoms with Gasteiger partial charge in [-0.05, 0) is 46.6 Å². The van der Waals surface area contributed by atoms with Crippen LogP contribution in [0.1, 0.15) is 22.8 Å². The molecule has 0 saturated carbocycles. The van der Waals surface area contributed by atoms with Crippen LogP contribution in [0, 0.1) is 0 Å². The molecule has 0 bridgehead atoms. The Bertz CT molecular complexity index is 1000. The molecule has 8 heteroatoms. The largest absolute Gasteiger partial charge is 0.506 e. The Morgan fingerprint density at radius 2 is 2.08 bits per heavy atom. The van der Waals surface area contributed by atoms with E-state index in [0.29, 0.717) is 4.47 Å². The van der Waals surface area contributed by atoms with Gasteiger partial charge in [0.15, 0.2) is 5.56 Å². The van der Waals surface area contributed by atoms with Crippen LogP contribution < -0.4 is 5.56 Å². The maximum Gasteiger partial charge on any atom is 0.347 e. The van der Waals surface area contributed by atoms with Crippen LogP contribution in [0.4, 0.5) is 0 Å². The summed E-state index contributed by atoms with van der Waals surface area (Å²) in [7, 11) is 0. The molecule has 1 N–H and O–H groups in total. The number of aromatic nitrogens is 3. The highest BCUT2D eigenvalue weighted by Gasteiger charge is 2.24. The number of nitrogens with zero attached hydrogens (tertiary/aromatic N) is 3. The molecule has 0 aliphatic rings. The minimum absolute atomic E-state index is 0.0941. The van der Waals surface area contributed by atoms with Gasteiger partial charge in [-0.1, -0.05) is 0 Å². The summed E-state index contributed by atoms with van der Waals surface area (Å²) < 4.78 is 6.87. The lowest BCUT2D eigenvalue weighted by Gasteiger charge is -2.14. The van der Waals surface area contributed by atoms with Crippen LogP contribution in [-0.2, 0) is 11.3 Å². The van der Waals surface area contributed by atoms with Crippen LogP contribution in [0.25, 0.3) is 11.0 Å². The van der Waals surface area contributed by atoms with Crippen molar-refractivity contribution in [2.24, 2.45) is 0 Å². The monoisotopic (exact) mass is 403 g/mol. The number of esters is 1. The number of ether oxygens (including phenoxy) is 1. The maximum atomic E-state index is 12.8. The van der Waals surface area contributed by atoms with Crippen molar-refractivity contribution in [1.82, 2.24) is 14.5 Å². The number of hydrogen-bond donors (Lipinski definition) is 1. The molecule has 0 aromatic carbocycles. The van der Waals surface area contributed by atoms with Gasteiger partial charge in [-0.3, -0.25) is 14.3 Å². The quantitative estimate of drug-likeness (QED) is 0.672. The highest BCUT2D eigenvalue weighted by Crippen LogP contribution is 2.28. The molecular weight excluding hydrogens is 390 g/mol. The predicted octanol–water partition coefficient (Wildman–Crippen LogP) is 2.48. The normalized spacial score (nSPS) is 10.8. The molecule has 0 spiro atoms. The summed E-state index contributed by atoms with van der Waals surface area (Å²) in [6.07, 6.45) is 4.74. The first-order chi connectivity index (χ1) is 12.0. The van der Waals surface area contributed by atoms with Gasteiger partial charge in [-0.15, -0.1) is 0 Å². The summed E-state index contributed by atoms with van der Waals surface area (Å²) >= 11 is 3.28. The first-order valence-corrected chi connectivity index (χ1v) is 8.29. The van der Waals surface area contributed by atoms with E-state index in [1.807, 2.05) is 0 Å². The van der Waals surface area contributed by atoms with Crippen LogP contribution in [-0.4, -0.2) is 32.2 Å². The summed E-state index contributed by atoms with van der Waals surface area (Å²) in [5.41, 5.74) is 0.0255. The number of carbonyl (C=O) groups is 1. The average Bonchev–Trinajstić information content (AvgIpc) is 2.60. The Kier molecular flexibility index (Phi) is 4.80. The summed E-state index contributed by atoms with van der Waals surface area (Å²) in [5.74, 6) is -1.30. The molecule has 3 rings (SSSR count). The number of halogens is 1. The smallest absolute Gasteiger partial charge is 0.347 e. The molecule has 0 radical (unpaired) electrons. The third-order valence-corrected chi connectivity index (χ3v) is 4.04. The van der Waals surface area contributed by atoms with Crippen molar-refractivity contribution < 1.29 is 14.6 Å². The van der Waals surface area contributed by atoms with E-state index in [9.17, 15) is 14.7 Å². The highest BCUT2D eigenvalue weighted by atomic mass is 79.9. The highest BCUT2D eigenvalue weighted by molar-refractivity contribution is 9.10. The molecule has 0 unspecified atom stereocenters. The molecule has 0 saturated heterocycles. The van der Waals surface area contributed by atoms with Gasteiger partial charge in [0.05, 0.1) is 18.5 Å². The molecule has 3 aromatic rings. The minimum atomic E-state index is -0.865. The topological polar surface area (TPSA) is 94.3 Å². The Labute approximate surface area is 151 Å². The summed E-state index contributed by atoms with van der Waals surface area (Å²) in [6.45, 7) is 1.90. The van der Waals surface area contributed by atoms with E-state index in [2.05, 4.69) is 25.9 Å². The molecule has 3 heterocycles. The number of fused-ring (bicyclic) bond motifs is 1. The molecule has 25 heavy (non-hydrogen) atoms. The van der Waals surface area contributed by atoms with Crippen molar-refractivity contribution in [1.29, 1.82) is 0 Å². The van der Waals surface area contributed by atoms with Crippen molar-refractivity contribution in [3.8, 4) is 5.75 Å². The molecule has 0 atom stereocenters. The number of hydrogen-bond acceptors (Lipinski definition) is 6. The molecule has 3 aromatic heterocycles. The van der Waals surface area contributed by atoms with Gasteiger partial charge in [-0.2, -0.15) is 0 Å². The van der Waals surface area contributed by atoms with E-state index >= 15 is 0 Å². The molecule has 0 fully saturated rings. The summed E-state index contributed by atoms with van der Waals surface area (Å²) in [5, 5.41) is 10.7. The fraction of sp³-hybridized carbons (Fsp3) is 0.176. The molecule has 7 nitrogen and oxygen atoms in total. The second-order valence-electron chi connectivity index (χ2n) is 5.22. The lowest BCUT2D eigenvalue weighted by molar-refractivity contribution is 0.0520. The van der Waals surface area contributed by atoms with Crippen LogP contribution >= 0.6 is 15.9 Å². The standard InChI is InChI=1S/C17H14BrN3O4/c1-2-25-17(24)13-14(22)12-7-11(18)8-20-15(12)21(16(13)23)9-10-3-5-19-6-4-10/h3-8,22H,2,9H2,1H3. The van der Waals surface area contributed by atoms with Gasteiger partial charge >= 0.3 is 5.97 Å². The van der Waals surface area contributed by atoms with Gasteiger partial charge in [0, 0.05) is 23.1 Å². The Morgan fingerprint density at radius 1 is 1.36 bits per heavy atom. The second kappa shape index (κ2) is 7.02. The number of aromatic hydroxyl groups is 1. The van der Waals surface area contributed by atoms with Gasteiger partial charge in [-0.25, -0.2) is 9.78 Å². The van der Waals surface area contributed by atoms with Crippen molar-refractivity contribution in [2.45, 2.75) is 13.5 Å². The maximum absolute atomic E-state index is 12.8. The van der Waals surface area contributed by atoms with Gasteiger partial charge in [0.2, 0.25) is 0 Å².